The van der Waals surface area contributed by atoms with E-state index < -0.39 is 0 Å². The number of nitrogens with one attached hydrogen (secondary N) is 2. The molecular formula is C51H34N4S2. The quantitative estimate of drug-likeness (QED) is 0.183. The van der Waals surface area contributed by atoms with Gasteiger partial charge < -0.3 is 9.88 Å². The number of fused-ring (bicyclic) bond motifs is 9. The van der Waals surface area contributed by atoms with Crippen LogP contribution in [0.15, 0.2) is 187 Å². The first-order chi connectivity index (χ1) is 28.2. The van der Waals surface area contributed by atoms with Gasteiger partial charge in [-0.3, -0.25) is 5.32 Å². The normalized spacial score (nSPS) is 15.9. The van der Waals surface area contributed by atoms with E-state index in [4.69, 9.17) is 4.99 Å². The summed E-state index contributed by atoms with van der Waals surface area (Å²) in [5.41, 5.74) is 9.57. The molecule has 0 spiro atoms. The van der Waals surface area contributed by atoms with Gasteiger partial charge in [0.05, 0.1) is 21.4 Å². The highest BCUT2D eigenvalue weighted by Gasteiger charge is 2.26. The van der Waals surface area contributed by atoms with Gasteiger partial charge in [0, 0.05) is 52.0 Å². The molecule has 11 aromatic rings. The lowest BCUT2D eigenvalue weighted by molar-refractivity contribution is 0.409. The highest BCUT2D eigenvalue weighted by molar-refractivity contribution is 7.26. The Morgan fingerprint density at radius 1 is 0.474 bits per heavy atom. The zero-order valence-electron chi connectivity index (χ0n) is 30.7. The molecule has 12 rings (SSSR count). The van der Waals surface area contributed by atoms with Crippen molar-refractivity contribution in [3.8, 4) is 16.8 Å². The van der Waals surface area contributed by atoms with Gasteiger partial charge in [0.15, 0.2) is 0 Å². The van der Waals surface area contributed by atoms with Crippen LogP contribution < -0.4 is 10.6 Å². The Bertz CT molecular complexity index is 3320. The van der Waals surface area contributed by atoms with E-state index in [2.05, 4.69) is 197 Å². The molecule has 57 heavy (non-hydrogen) atoms. The summed E-state index contributed by atoms with van der Waals surface area (Å²) in [7, 11) is 0. The van der Waals surface area contributed by atoms with E-state index in [0.717, 1.165) is 17.0 Å². The van der Waals surface area contributed by atoms with Gasteiger partial charge in [-0.05, 0) is 70.8 Å². The standard InChI is InChI=1S/C51H34N4S2/c1-3-13-31(14-4-1)49-52-50(32-15-5-2-6-16-32)54-51(53-49)34-26-28-44-40(29-34)47-35(19-12-24-45(47)56-44)33-25-27-38-39-20-11-23-43(48(39)57-46(38)30-33)55-41-21-9-7-17-36(41)37-18-8-10-22-42(37)55/h1-30,49-50,52H,(H,53,54). The van der Waals surface area contributed by atoms with Crippen LogP contribution in [-0.2, 0) is 0 Å². The number of aromatic nitrogens is 1. The molecule has 0 radical (unpaired) electrons. The fraction of sp³-hybridized carbons (Fsp3) is 0.0392. The smallest absolute Gasteiger partial charge is 0.131 e. The zero-order valence-corrected chi connectivity index (χ0v) is 32.3. The molecule has 1 aliphatic rings. The molecule has 2 atom stereocenters. The van der Waals surface area contributed by atoms with Crippen molar-refractivity contribution < 1.29 is 0 Å². The van der Waals surface area contributed by atoms with Crippen molar-refractivity contribution in [2.45, 2.75) is 12.3 Å². The molecule has 1 aliphatic heterocycles. The van der Waals surface area contributed by atoms with Crippen molar-refractivity contribution in [3.63, 3.8) is 0 Å². The average Bonchev–Trinajstić information content (AvgIpc) is 3.96. The van der Waals surface area contributed by atoms with Gasteiger partial charge in [-0.2, -0.15) is 0 Å². The van der Waals surface area contributed by atoms with Gasteiger partial charge in [0.25, 0.3) is 0 Å². The molecule has 0 saturated heterocycles. The van der Waals surface area contributed by atoms with Crippen LogP contribution in [0, 0.1) is 0 Å². The number of amidine groups is 1. The van der Waals surface area contributed by atoms with E-state index in [1.165, 1.54) is 84.5 Å². The molecule has 0 fully saturated rings. The second kappa shape index (κ2) is 13.0. The first-order valence-electron chi connectivity index (χ1n) is 19.4. The van der Waals surface area contributed by atoms with E-state index in [-0.39, 0.29) is 12.3 Å². The second-order valence-corrected chi connectivity index (χ2v) is 16.9. The highest BCUT2D eigenvalue weighted by atomic mass is 32.1. The fourth-order valence-electron chi connectivity index (χ4n) is 8.85. The molecular weight excluding hydrogens is 733 g/mol. The SMILES string of the molecule is c1ccc(C2N=C(c3ccc4sc5cccc(-c6ccc7c(c6)sc6c(-n8c9ccccc9c9ccccc98)cccc67)c5c4c3)NC(c3ccccc3)N2)cc1. The van der Waals surface area contributed by atoms with Crippen molar-refractivity contribution >= 4 is 90.7 Å². The van der Waals surface area contributed by atoms with Gasteiger partial charge in [0.2, 0.25) is 0 Å². The highest BCUT2D eigenvalue weighted by Crippen LogP contribution is 2.45. The number of hydrogen-bond acceptors (Lipinski definition) is 5. The monoisotopic (exact) mass is 766 g/mol. The van der Waals surface area contributed by atoms with Crippen LogP contribution in [-0.4, -0.2) is 10.4 Å². The van der Waals surface area contributed by atoms with Crippen molar-refractivity contribution in [2.24, 2.45) is 4.99 Å². The fourth-order valence-corrected chi connectivity index (χ4v) is 11.2. The molecule has 0 amide bonds. The van der Waals surface area contributed by atoms with Crippen molar-refractivity contribution in [3.05, 3.63) is 199 Å². The van der Waals surface area contributed by atoms with E-state index in [1.807, 2.05) is 22.7 Å². The first-order valence-corrected chi connectivity index (χ1v) is 21.0. The molecule has 6 heteroatoms. The number of para-hydroxylation sites is 2. The number of rotatable bonds is 5. The number of hydrogen-bond donors (Lipinski definition) is 2. The summed E-state index contributed by atoms with van der Waals surface area (Å²) in [5, 5.41) is 15.2. The average molecular weight is 767 g/mol. The van der Waals surface area contributed by atoms with Crippen LogP contribution in [0.5, 0.6) is 0 Å². The number of benzene rings is 8. The minimum atomic E-state index is -0.179. The van der Waals surface area contributed by atoms with E-state index >= 15 is 0 Å². The molecule has 2 N–H and O–H groups in total. The van der Waals surface area contributed by atoms with Crippen molar-refractivity contribution in [1.82, 2.24) is 15.2 Å². The van der Waals surface area contributed by atoms with E-state index in [1.54, 1.807) is 0 Å². The molecule has 3 aromatic heterocycles. The third-order valence-electron chi connectivity index (χ3n) is 11.5. The summed E-state index contributed by atoms with van der Waals surface area (Å²) in [4.78, 5) is 5.26. The van der Waals surface area contributed by atoms with E-state index in [0.29, 0.717) is 0 Å². The molecule has 8 aromatic carbocycles. The summed E-state index contributed by atoms with van der Waals surface area (Å²) < 4.78 is 7.60. The van der Waals surface area contributed by atoms with Gasteiger partial charge in [-0.1, -0.05) is 133 Å². The molecule has 0 saturated carbocycles. The maximum absolute atomic E-state index is 5.26. The maximum atomic E-state index is 5.26. The summed E-state index contributed by atoms with van der Waals surface area (Å²) in [6, 6.07) is 66.0. The van der Waals surface area contributed by atoms with Crippen LogP contribution in [0.3, 0.4) is 0 Å². The second-order valence-electron chi connectivity index (χ2n) is 14.8. The maximum Gasteiger partial charge on any atom is 0.131 e. The first kappa shape index (κ1) is 32.7. The van der Waals surface area contributed by atoms with Gasteiger partial charge >= 0.3 is 0 Å². The third-order valence-corrected chi connectivity index (χ3v) is 13.8. The predicted molar refractivity (Wildman–Crippen MR) is 243 cm³/mol. The zero-order chi connectivity index (χ0) is 37.5. The van der Waals surface area contributed by atoms with Crippen molar-refractivity contribution in [2.75, 3.05) is 0 Å². The third kappa shape index (κ3) is 5.26. The van der Waals surface area contributed by atoms with Crippen LogP contribution in [0.1, 0.15) is 29.0 Å². The van der Waals surface area contributed by atoms with Crippen LogP contribution in [0.4, 0.5) is 0 Å². The molecule has 0 bridgehead atoms. The minimum Gasteiger partial charge on any atom is -0.350 e. The van der Waals surface area contributed by atoms with Gasteiger partial charge in [-0.15, -0.1) is 22.7 Å². The lowest BCUT2D eigenvalue weighted by atomic mass is 9.97. The van der Waals surface area contributed by atoms with Crippen molar-refractivity contribution in [1.29, 1.82) is 0 Å². The van der Waals surface area contributed by atoms with Crippen LogP contribution >= 0.6 is 22.7 Å². The lowest BCUT2D eigenvalue weighted by Crippen LogP contribution is -2.44. The molecule has 270 valence electrons. The number of aliphatic imine (C=N–C) groups is 1. The Hall–Kier alpha value is -6.57. The lowest BCUT2D eigenvalue weighted by Gasteiger charge is -2.32. The summed E-state index contributed by atoms with van der Waals surface area (Å²) in [6.45, 7) is 0. The Morgan fingerprint density at radius 2 is 1.16 bits per heavy atom. The minimum absolute atomic E-state index is 0.0853. The Morgan fingerprint density at radius 3 is 1.95 bits per heavy atom. The van der Waals surface area contributed by atoms with Gasteiger partial charge in [-0.25, -0.2) is 4.99 Å². The Balaban J connectivity index is 0.993. The molecule has 0 aliphatic carbocycles. The Kier molecular flexibility index (Phi) is 7.45. The van der Waals surface area contributed by atoms with Crippen LogP contribution in [0.2, 0.25) is 0 Å². The van der Waals surface area contributed by atoms with Gasteiger partial charge in [0.1, 0.15) is 18.2 Å². The molecule has 4 heterocycles. The summed E-state index contributed by atoms with van der Waals surface area (Å²) in [6.07, 6.45) is -0.264. The van der Waals surface area contributed by atoms with E-state index in [9.17, 15) is 0 Å². The molecule has 4 nitrogen and oxygen atoms in total. The Labute approximate surface area is 337 Å². The summed E-state index contributed by atoms with van der Waals surface area (Å²) >= 11 is 3.75. The summed E-state index contributed by atoms with van der Waals surface area (Å²) in [5.74, 6) is 0.890. The number of nitrogens with zero attached hydrogens (tertiary/aromatic N) is 2. The largest absolute Gasteiger partial charge is 0.350 e. The molecule has 2 unspecified atom stereocenters. The predicted octanol–water partition coefficient (Wildman–Crippen LogP) is 13.5. The topological polar surface area (TPSA) is 41.4 Å². The number of thiophene rings is 2. The van der Waals surface area contributed by atoms with Crippen LogP contribution in [0.25, 0.3) is 79.0 Å².